The van der Waals surface area contributed by atoms with Crippen LogP contribution >= 0.6 is 0 Å². The van der Waals surface area contributed by atoms with Crippen molar-refractivity contribution in [2.75, 3.05) is 5.32 Å². The number of anilines is 1. The Bertz CT molecular complexity index is 1070. The van der Waals surface area contributed by atoms with Crippen molar-refractivity contribution in [1.29, 1.82) is 0 Å². The van der Waals surface area contributed by atoms with Gasteiger partial charge in [-0.05, 0) is 37.1 Å². The van der Waals surface area contributed by atoms with Gasteiger partial charge in [0.1, 0.15) is 11.6 Å². The lowest BCUT2D eigenvalue weighted by molar-refractivity contribution is -0.120. The zero-order valence-electron chi connectivity index (χ0n) is 15.3. The molecule has 1 amide bonds. The lowest BCUT2D eigenvalue weighted by Crippen LogP contribution is -2.38. The second-order valence-corrected chi connectivity index (χ2v) is 6.67. The Hall–Kier alpha value is -3.35. The van der Waals surface area contributed by atoms with E-state index in [-0.39, 0.29) is 17.3 Å². The molecule has 2 aromatic carbocycles. The van der Waals surface area contributed by atoms with Gasteiger partial charge in [-0.25, -0.2) is 0 Å². The first-order valence-corrected chi connectivity index (χ1v) is 8.64. The van der Waals surface area contributed by atoms with E-state index in [1.54, 1.807) is 48.5 Å². The van der Waals surface area contributed by atoms with Crippen molar-refractivity contribution in [2.45, 2.75) is 26.8 Å². The molecule has 0 unspecified atom stereocenters. The van der Waals surface area contributed by atoms with Crippen LogP contribution in [0.1, 0.15) is 37.2 Å². The number of ketones is 1. The van der Waals surface area contributed by atoms with Crippen LogP contribution in [0.3, 0.4) is 0 Å². The fraction of sp³-hybridized carbons (Fsp3) is 0.250. The van der Waals surface area contributed by atoms with E-state index in [4.69, 9.17) is 0 Å². The molecule has 0 bridgehead atoms. The number of hydrogen-bond acceptors (Lipinski definition) is 5. The molecule has 0 saturated carbocycles. The van der Waals surface area contributed by atoms with Crippen molar-refractivity contribution in [1.82, 2.24) is 15.0 Å². The number of carbonyl (C=O) groups is 2. The third kappa shape index (κ3) is 3.76. The molecule has 138 valence electrons. The summed E-state index contributed by atoms with van der Waals surface area (Å²) in [6, 6.07) is 12.7. The Morgan fingerprint density at radius 1 is 1.07 bits per heavy atom. The number of fused-ring (bicyclic) bond motifs is 1. The van der Waals surface area contributed by atoms with Gasteiger partial charge in [0, 0.05) is 11.3 Å². The minimum Gasteiger partial charge on any atom is -0.324 e. The maximum absolute atomic E-state index is 12.9. The number of Topliss-reactive ketones (excluding diaryl/α,β-unsaturated/α-hetero) is 1. The van der Waals surface area contributed by atoms with Gasteiger partial charge >= 0.3 is 0 Å². The van der Waals surface area contributed by atoms with Crippen LogP contribution in [0.5, 0.6) is 0 Å². The molecule has 1 aromatic heterocycles. The quantitative estimate of drug-likeness (QED) is 0.703. The fourth-order valence-electron chi connectivity index (χ4n) is 2.91. The van der Waals surface area contributed by atoms with Crippen LogP contribution in [0, 0.1) is 5.92 Å². The first-order chi connectivity index (χ1) is 12.9. The van der Waals surface area contributed by atoms with E-state index in [1.807, 2.05) is 13.8 Å². The van der Waals surface area contributed by atoms with E-state index >= 15 is 0 Å². The SMILES string of the molecule is CC(=O)c1cccc(NC(=O)[C@H](C(C)C)n2nnc3ccccc3c2=O)c1. The first-order valence-electron chi connectivity index (χ1n) is 8.64. The number of carbonyl (C=O) groups excluding carboxylic acids is 2. The van der Waals surface area contributed by atoms with Gasteiger partial charge in [0.15, 0.2) is 5.78 Å². The third-order valence-corrected chi connectivity index (χ3v) is 4.29. The average Bonchev–Trinajstić information content (AvgIpc) is 2.64. The van der Waals surface area contributed by atoms with Crippen LogP contribution in [0.25, 0.3) is 10.9 Å². The maximum Gasteiger partial charge on any atom is 0.278 e. The normalized spacial score (nSPS) is 12.1. The second kappa shape index (κ2) is 7.49. The molecule has 7 heteroatoms. The number of amides is 1. The van der Waals surface area contributed by atoms with Gasteiger partial charge in [-0.1, -0.05) is 43.3 Å². The summed E-state index contributed by atoms with van der Waals surface area (Å²) in [5.41, 5.74) is 1.10. The monoisotopic (exact) mass is 364 g/mol. The van der Waals surface area contributed by atoms with E-state index in [2.05, 4.69) is 15.6 Å². The lowest BCUT2D eigenvalue weighted by atomic mass is 10.0. The molecule has 0 saturated heterocycles. The summed E-state index contributed by atoms with van der Waals surface area (Å²) in [4.78, 5) is 37.3. The molecule has 7 nitrogen and oxygen atoms in total. The highest BCUT2D eigenvalue weighted by Crippen LogP contribution is 2.19. The highest BCUT2D eigenvalue weighted by atomic mass is 16.2. The molecule has 0 fully saturated rings. The van der Waals surface area contributed by atoms with Gasteiger partial charge in [0.05, 0.1) is 5.39 Å². The van der Waals surface area contributed by atoms with E-state index in [9.17, 15) is 14.4 Å². The Morgan fingerprint density at radius 3 is 2.52 bits per heavy atom. The lowest BCUT2D eigenvalue weighted by Gasteiger charge is -2.21. The van der Waals surface area contributed by atoms with Gasteiger partial charge in [0.2, 0.25) is 5.91 Å². The number of rotatable bonds is 5. The Balaban J connectivity index is 1.98. The van der Waals surface area contributed by atoms with Crippen LogP contribution in [0.2, 0.25) is 0 Å². The summed E-state index contributed by atoms with van der Waals surface area (Å²) in [5, 5.41) is 11.2. The maximum atomic E-state index is 12.9. The molecule has 1 heterocycles. The number of nitrogens with zero attached hydrogens (tertiary/aromatic N) is 3. The van der Waals surface area contributed by atoms with Crippen molar-refractivity contribution >= 4 is 28.3 Å². The number of benzene rings is 2. The predicted molar refractivity (Wildman–Crippen MR) is 103 cm³/mol. The van der Waals surface area contributed by atoms with Crippen molar-refractivity contribution in [3.05, 3.63) is 64.4 Å². The molecule has 3 rings (SSSR count). The van der Waals surface area contributed by atoms with Gasteiger partial charge < -0.3 is 5.32 Å². The highest BCUT2D eigenvalue weighted by molar-refractivity contribution is 5.98. The Labute approximate surface area is 156 Å². The van der Waals surface area contributed by atoms with Crippen molar-refractivity contribution < 1.29 is 9.59 Å². The van der Waals surface area contributed by atoms with Crippen LogP contribution in [0.15, 0.2) is 53.3 Å². The number of hydrogen-bond donors (Lipinski definition) is 1. The minimum atomic E-state index is -0.837. The summed E-state index contributed by atoms with van der Waals surface area (Å²) in [5.74, 6) is -0.686. The van der Waals surface area contributed by atoms with Gasteiger partial charge in [-0.2, -0.15) is 4.68 Å². The van der Waals surface area contributed by atoms with E-state index in [1.165, 1.54) is 6.92 Å². The molecule has 1 N–H and O–H groups in total. The highest BCUT2D eigenvalue weighted by Gasteiger charge is 2.27. The number of aromatic nitrogens is 3. The summed E-state index contributed by atoms with van der Waals surface area (Å²) in [6.07, 6.45) is 0. The van der Waals surface area contributed by atoms with Crippen molar-refractivity contribution in [3.8, 4) is 0 Å². The summed E-state index contributed by atoms with van der Waals surface area (Å²) >= 11 is 0. The predicted octanol–water partition coefficient (Wildman–Crippen LogP) is 2.83. The molecular formula is C20H20N4O3. The summed E-state index contributed by atoms with van der Waals surface area (Å²) in [6.45, 7) is 5.13. The Kier molecular flexibility index (Phi) is 5.12. The van der Waals surface area contributed by atoms with E-state index < -0.39 is 11.9 Å². The molecule has 27 heavy (non-hydrogen) atoms. The second-order valence-electron chi connectivity index (χ2n) is 6.67. The molecule has 0 radical (unpaired) electrons. The standard InChI is InChI=1S/C20H20N4O3/c1-12(2)18(19(26)21-15-8-6-7-14(11-15)13(3)25)24-20(27)16-9-4-5-10-17(16)22-23-24/h4-12,18H,1-3H3,(H,21,26)/t18-/m0/s1. The van der Waals surface area contributed by atoms with Crippen molar-refractivity contribution in [3.63, 3.8) is 0 Å². The van der Waals surface area contributed by atoms with E-state index in [0.29, 0.717) is 22.2 Å². The Morgan fingerprint density at radius 2 is 1.81 bits per heavy atom. The molecule has 0 spiro atoms. The third-order valence-electron chi connectivity index (χ3n) is 4.29. The number of nitrogens with one attached hydrogen (secondary N) is 1. The largest absolute Gasteiger partial charge is 0.324 e. The average molecular weight is 364 g/mol. The summed E-state index contributed by atoms with van der Waals surface area (Å²) < 4.78 is 1.12. The zero-order chi connectivity index (χ0) is 19.6. The molecule has 1 atom stereocenters. The smallest absolute Gasteiger partial charge is 0.278 e. The fourth-order valence-corrected chi connectivity index (χ4v) is 2.91. The molecular weight excluding hydrogens is 344 g/mol. The van der Waals surface area contributed by atoms with Gasteiger partial charge in [0.25, 0.3) is 5.56 Å². The first kappa shape index (κ1) is 18.4. The molecule has 0 aliphatic rings. The topological polar surface area (TPSA) is 93.9 Å². The van der Waals surface area contributed by atoms with E-state index in [0.717, 1.165) is 4.68 Å². The zero-order valence-corrected chi connectivity index (χ0v) is 15.3. The minimum absolute atomic E-state index is 0.0943. The molecule has 3 aromatic rings. The van der Waals surface area contributed by atoms with Crippen LogP contribution < -0.4 is 10.9 Å². The summed E-state index contributed by atoms with van der Waals surface area (Å²) in [7, 11) is 0. The molecule has 0 aliphatic heterocycles. The van der Waals surface area contributed by atoms with Gasteiger partial charge in [-0.15, -0.1) is 5.10 Å². The van der Waals surface area contributed by atoms with Crippen molar-refractivity contribution in [2.24, 2.45) is 5.92 Å². The van der Waals surface area contributed by atoms with Crippen LogP contribution in [-0.4, -0.2) is 26.7 Å². The van der Waals surface area contributed by atoms with Crippen LogP contribution in [-0.2, 0) is 4.79 Å². The van der Waals surface area contributed by atoms with Gasteiger partial charge in [-0.3, -0.25) is 14.4 Å². The van der Waals surface area contributed by atoms with Crippen LogP contribution in [0.4, 0.5) is 5.69 Å². The molecule has 0 aliphatic carbocycles.